The van der Waals surface area contributed by atoms with E-state index in [1.54, 1.807) is 0 Å². The maximum atomic E-state index is 14.2. The monoisotopic (exact) mass is 631 g/mol. The first-order valence-electron chi connectivity index (χ1n) is 18.7. The molecule has 4 fully saturated rings. The number of carbonyl (C=O) groups excluding carboxylic acids is 2. The molecule has 1 atom stereocenters. The van der Waals surface area contributed by atoms with Crippen LogP contribution in [0.4, 0.5) is 0 Å². The van der Waals surface area contributed by atoms with Crippen LogP contribution in [0.1, 0.15) is 131 Å². The summed E-state index contributed by atoms with van der Waals surface area (Å²) in [5.74, 6) is 2.06. The zero-order chi connectivity index (χ0) is 32.4. The maximum absolute atomic E-state index is 14.2. The smallest absolute Gasteiger partial charge is 0.268 e. The molecule has 6 rings (SSSR count). The van der Waals surface area contributed by atoms with Crippen LogP contribution in [0, 0.1) is 17.8 Å². The summed E-state index contributed by atoms with van der Waals surface area (Å²) in [6.07, 6.45) is 19.7. The quantitative estimate of drug-likeness (QED) is 0.126. The van der Waals surface area contributed by atoms with Crippen molar-refractivity contribution in [3.8, 4) is 0 Å². The topological polar surface area (TPSA) is 115 Å². The Bertz CT molecular complexity index is 1220. The number of carbonyl (C=O) groups is 2. The van der Waals surface area contributed by atoms with E-state index in [-0.39, 0.29) is 17.4 Å². The van der Waals surface area contributed by atoms with Crippen LogP contribution in [0.2, 0.25) is 0 Å². The Morgan fingerprint density at radius 3 is 1.96 bits per heavy atom. The highest BCUT2D eigenvalue weighted by atomic mass is 16.2. The number of aromatic nitrogens is 1. The molecule has 1 aromatic carbocycles. The van der Waals surface area contributed by atoms with Gasteiger partial charge in [0.1, 0.15) is 11.7 Å². The second-order valence-corrected chi connectivity index (χ2v) is 15.0. The van der Waals surface area contributed by atoms with Crippen molar-refractivity contribution < 1.29 is 9.59 Å². The maximum Gasteiger partial charge on any atom is 0.268 e. The van der Waals surface area contributed by atoms with Gasteiger partial charge in [-0.1, -0.05) is 63.3 Å². The fraction of sp³-hybridized carbons (Fsp3) is 0.692. The molecule has 1 heterocycles. The van der Waals surface area contributed by atoms with Gasteiger partial charge in [-0.3, -0.25) is 9.59 Å². The highest BCUT2D eigenvalue weighted by Gasteiger charge is 2.52. The Balaban J connectivity index is 1.31. The molecule has 1 unspecified atom stereocenters. The van der Waals surface area contributed by atoms with E-state index >= 15 is 0 Å². The van der Waals surface area contributed by atoms with Crippen molar-refractivity contribution in [3.63, 3.8) is 0 Å². The predicted molar refractivity (Wildman–Crippen MR) is 188 cm³/mol. The summed E-state index contributed by atoms with van der Waals surface area (Å²) in [6.45, 7) is 4.45. The van der Waals surface area contributed by atoms with Gasteiger partial charge in [0.15, 0.2) is 0 Å². The molecule has 0 aliphatic heterocycles. The second-order valence-electron chi connectivity index (χ2n) is 15.0. The molecular weight excluding hydrogens is 570 g/mol. The van der Waals surface area contributed by atoms with Crippen LogP contribution < -0.4 is 22.1 Å². The van der Waals surface area contributed by atoms with Crippen LogP contribution in [-0.4, -0.2) is 41.1 Å². The van der Waals surface area contributed by atoms with Crippen LogP contribution in [0.15, 0.2) is 36.4 Å². The molecule has 4 aliphatic rings. The average Bonchev–Trinajstić information content (AvgIpc) is 3.44. The number of hydrogen-bond acceptors (Lipinski definition) is 4. The number of aryl methyl sites for hydroxylation is 2. The van der Waals surface area contributed by atoms with Gasteiger partial charge in [-0.05, 0) is 131 Å². The second kappa shape index (κ2) is 17.0. The summed E-state index contributed by atoms with van der Waals surface area (Å²) in [6, 6.07) is 12.0. The van der Waals surface area contributed by atoms with E-state index in [2.05, 4.69) is 52.5 Å². The van der Waals surface area contributed by atoms with Crippen LogP contribution in [0.3, 0.4) is 0 Å². The van der Waals surface area contributed by atoms with Crippen molar-refractivity contribution >= 4 is 11.8 Å². The Labute approximate surface area is 278 Å². The Morgan fingerprint density at radius 1 is 0.783 bits per heavy atom. The largest absolute Gasteiger partial charge is 0.349 e. The standard InChI is InChI=1S/C39H61N5O2/c1-2-29-13-15-30(16-14-29)25-35(37(45)43-39-26-31-22-32(27-39)24-33(23-31)28-39)42-38(46)36-18-17-34(12-8-4-3-5-9-19-40)44(36)21-11-7-6-10-20-41/h13-18,31-33,35H,2-12,19-28,40-41H2,1H3,(H,42,46)(H,43,45). The van der Waals surface area contributed by atoms with Crippen molar-refractivity contribution in [1.82, 2.24) is 15.2 Å². The normalized spacial score (nSPS) is 23.8. The van der Waals surface area contributed by atoms with E-state index in [1.807, 2.05) is 6.07 Å². The Morgan fingerprint density at radius 2 is 1.35 bits per heavy atom. The van der Waals surface area contributed by atoms with Gasteiger partial charge in [0, 0.05) is 24.2 Å². The third-order valence-corrected chi connectivity index (χ3v) is 11.2. The number of benzene rings is 1. The molecule has 2 aromatic rings. The minimum Gasteiger partial charge on any atom is -0.349 e. The minimum absolute atomic E-state index is 0.0209. The van der Waals surface area contributed by atoms with Gasteiger partial charge in [0.2, 0.25) is 5.91 Å². The molecule has 254 valence electrons. The Hall–Kier alpha value is -2.64. The first kappa shape index (κ1) is 34.7. The van der Waals surface area contributed by atoms with Gasteiger partial charge in [0.05, 0.1) is 0 Å². The number of nitrogens with two attached hydrogens (primary N) is 2. The summed E-state index contributed by atoms with van der Waals surface area (Å²) >= 11 is 0. The van der Waals surface area contributed by atoms with E-state index in [0.717, 1.165) is 114 Å². The molecule has 4 saturated carbocycles. The SMILES string of the molecule is CCc1ccc(CC(NC(=O)c2ccc(CCCCCCCN)n2CCCCCCN)C(=O)NC23CC4CC(CC(C4)C2)C3)cc1. The van der Waals surface area contributed by atoms with E-state index in [0.29, 0.717) is 12.1 Å². The molecule has 1 aromatic heterocycles. The molecule has 4 bridgehead atoms. The fourth-order valence-corrected chi connectivity index (χ4v) is 9.14. The summed E-state index contributed by atoms with van der Waals surface area (Å²) in [7, 11) is 0. The number of amides is 2. The lowest BCUT2D eigenvalue weighted by atomic mass is 9.53. The van der Waals surface area contributed by atoms with Crippen LogP contribution in [0.25, 0.3) is 0 Å². The summed E-state index contributed by atoms with van der Waals surface area (Å²) in [5.41, 5.74) is 15.5. The van der Waals surface area contributed by atoms with E-state index < -0.39 is 6.04 Å². The fourth-order valence-electron chi connectivity index (χ4n) is 9.14. The lowest BCUT2D eigenvalue weighted by Crippen LogP contribution is -2.63. The zero-order valence-corrected chi connectivity index (χ0v) is 28.5. The first-order chi connectivity index (χ1) is 22.4. The third-order valence-electron chi connectivity index (χ3n) is 11.2. The zero-order valence-electron chi connectivity index (χ0n) is 28.5. The predicted octanol–water partition coefficient (Wildman–Crippen LogP) is 6.45. The summed E-state index contributed by atoms with van der Waals surface area (Å²) < 4.78 is 2.22. The van der Waals surface area contributed by atoms with E-state index in [4.69, 9.17) is 11.5 Å². The molecule has 0 radical (unpaired) electrons. The number of hydrogen-bond donors (Lipinski definition) is 4. The van der Waals surface area contributed by atoms with Crippen molar-refractivity contribution in [2.24, 2.45) is 29.2 Å². The minimum atomic E-state index is -0.619. The van der Waals surface area contributed by atoms with E-state index in [9.17, 15) is 9.59 Å². The molecule has 7 nitrogen and oxygen atoms in total. The molecule has 0 spiro atoms. The average molecular weight is 632 g/mol. The summed E-state index contributed by atoms with van der Waals surface area (Å²) in [4.78, 5) is 28.3. The highest BCUT2D eigenvalue weighted by Crippen LogP contribution is 2.55. The lowest BCUT2D eigenvalue weighted by molar-refractivity contribution is -0.128. The third kappa shape index (κ3) is 9.25. The van der Waals surface area contributed by atoms with Crippen LogP contribution in [0.5, 0.6) is 0 Å². The molecule has 0 saturated heterocycles. The van der Waals surface area contributed by atoms with Crippen LogP contribution >= 0.6 is 0 Å². The molecular formula is C39H61N5O2. The molecule has 2 amide bonds. The van der Waals surface area contributed by atoms with Crippen LogP contribution in [-0.2, 0) is 30.6 Å². The molecule has 7 heteroatoms. The van der Waals surface area contributed by atoms with Gasteiger partial charge in [0.25, 0.3) is 5.91 Å². The lowest BCUT2D eigenvalue weighted by Gasteiger charge is -2.57. The van der Waals surface area contributed by atoms with Crippen molar-refractivity contribution in [2.75, 3.05) is 13.1 Å². The molecule has 6 N–H and O–H groups in total. The molecule has 4 aliphatic carbocycles. The van der Waals surface area contributed by atoms with Crippen molar-refractivity contribution in [3.05, 3.63) is 58.9 Å². The van der Waals surface area contributed by atoms with E-state index in [1.165, 1.54) is 49.8 Å². The highest BCUT2D eigenvalue weighted by molar-refractivity contribution is 5.97. The number of nitrogens with zero attached hydrogens (tertiary/aromatic N) is 1. The number of nitrogens with one attached hydrogen (secondary N) is 2. The van der Waals surface area contributed by atoms with Gasteiger partial charge in [-0.15, -0.1) is 0 Å². The first-order valence-corrected chi connectivity index (χ1v) is 18.7. The molecule has 46 heavy (non-hydrogen) atoms. The number of rotatable bonds is 20. The Kier molecular flexibility index (Phi) is 12.8. The van der Waals surface area contributed by atoms with Crippen molar-refractivity contribution in [1.29, 1.82) is 0 Å². The van der Waals surface area contributed by atoms with Gasteiger partial charge >= 0.3 is 0 Å². The van der Waals surface area contributed by atoms with Crippen molar-refractivity contribution in [2.45, 2.75) is 141 Å². The van der Waals surface area contributed by atoms with Gasteiger partial charge < -0.3 is 26.7 Å². The summed E-state index contributed by atoms with van der Waals surface area (Å²) in [5, 5.41) is 6.82. The number of unbranched alkanes of at least 4 members (excludes halogenated alkanes) is 7. The van der Waals surface area contributed by atoms with Gasteiger partial charge in [-0.25, -0.2) is 0 Å². The van der Waals surface area contributed by atoms with Gasteiger partial charge in [-0.2, -0.15) is 0 Å².